The molecular formula is C14H18N2O5. The number of para-hydroxylation sites is 1. The van der Waals surface area contributed by atoms with Crippen molar-refractivity contribution < 1.29 is 19.2 Å². The highest BCUT2D eigenvalue weighted by atomic mass is 16.6. The van der Waals surface area contributed by atoms with Crippen LogP contribution in [0.2, 0.25) is 0 Å². The fraction of sp³-hybridized carbons (Fsp3) is 0.500. The summed E-state index contributed by atoms with van der Waals surface area (Å²) in [6, 6.07) is 4.95. The van der Waals surface area contributed by atoms with Crippen LogP contribution in [0.3, 0.4) is 0 Å². The Morgan fingerprint density at radius 3 is 2.81 bits per heavy atom. The average Bonchev–Trinajstić information content (AvgIpc) is 2.53. The van der Waals surface area contributed by atoms with Crippen molar-refractivity contribution in [1.82, 2.24) is 0 Å². The molecule has 1 aliphatic heterocycles. The van der Waals surface area contributed by atoms with Crippen molar-refractivity contribution in [3.8, 4) is 5.75 Å². The van der Waals surface area contributed by atoms with Gasteiger partial charge in [-0.25, -0.2) is 0 Å². The van der Waals surface area contributed by atoms with Crippen LogP contribution < -0.4 is 9.64 Å². The van der Waals surface area contributed by atoms with Gasteiger partial charge in [-0.05, 0) is 25.0 Å². The predicted octanol–water partition coefficient (Wildman–Crippen LogP) is 1.99. The Kier molecular flexibility index (Phi) is 4.62. The third-order valence-electron chi connectivity index (χ3n) is 3.68. The van der Waals surface area contributed by atoms with Crippen molar-refractivity contribution in [1.29, 1.82) is 0 Å². The smallest absolute Gasteiger partial charge is 0.333 e. The third-order valence-corrected chi connectivity index (χ3v) is 3.68. The summed E-state index contributed by atoms with van der Waals surface area (Å²) in [5, 5.41) is 11.3. The lowest BCUT2D eigenvalue weighted by molar-refractivity contribution is -0.385. The Labute approximate surface area is 122 Å². The highest BCUT2D eigenvalue weighted by Crippen LogP contribution is 2.38. The van der Waals surface area contributed by atoms with E-state index in [0.717, 1.165) is 12.8 Å². The molecule has 1 aromatic carbocycles. The molecule has 0 N–H and O–H groups in total. The van der Waals surface area contributed by atoms with Crippen LogP contribution in [0, 0.1) is 16.0 Å². The minimum absolute atomic E-state index is 0.0643. The molecule has 0 bridgehead atoms. The number of ether oxygens (including phenoxy) is 2. The number of methoxy groups -OCH3 is 2. The van der Waals surface area contributed by atoms with E-state index >= 15 is 0 Å². The van der Waals surface area contributed by atoms with Gasteiger partial charge in [0.25, 0.3) is 0 Å². The van der Waals surface area contributed by atoms with Gasteiger partial charge in [-0.3, -0.25) is 14.9 Å². The van der Waals surface area contributed by atoms with Gasteiger partial charge in [0.15, 0.2) is 5.75 Å². The number of hydrogen-bond acceptors (Lipinski definition) is 6. The summed E-state index contributed by atoms with van der Waals surface area (Å²) >= 11 is 0. The first kappa shape index (κ1) is 15.1. The maximum absolute atomic E-state index is 11.7. The van der Waals surface area contributed by atoms with Crippen molar-refractivity contribution in [2.24, 2.45) is 5.92 Å². The van der Waals surface area contributed by atoms with Gasteiger partial charge in [-0.15, -0.1) is 0 Å². The molecule has 1 saturated heterocycles. The second-order valence-corrected chi connectivity index (χ2v) is 4.89. The highest BCUT2D eigenvalue weighted by molar-refractivity contribution is 5.75. The largest absolute Gasteiger partial charge is 0.490 e. The fourth-order valence-electron chi connectivity index (χ4n) is 2.67. The molecule has 1 aromatic rings. The van der Waals surface area contributed by atoms with Crippen molar-refractivity contribution in [3.63, 3.8) is 0 Å². The van der Waals surface area contributed by atoms with Crippen LogP contribution in [-0.2, 0) is 9.53 Å². The quantitative estimate of drug-likeness (QED) is 0.480. The van der Waals surface area contributed by atoms with E-state index in [9.17, 15) is 14.9 Å². The number of carbonyl (C=O) groups excluding carboxylic acids is 1. The van der Waals surface area contributed by atoms with Crippen LogP contribution in [0.5, 0.6) is 5.75 Å². The second-order valence-electron chi connectivity index (χ2n) is 4.89. The second kappa shape index (κ2) is 6.43. The first-order chi connectivity index (χ1) is 10.1. The highest BCUT2D eigenvalue weighted by Gasteiger charge is 2.31. The topological polar surface area (TPSA) is 81.9 Å². The molecule has 0 amide bonds. The maximum Gasteiger partial charge on any atom is 0.333 e. The van der Waals surface area contributed by atoms with Crippen LogP contribution in [-0.4, -0.2) is 38.2 Å². The Morgan fingerprint density at radius 1 is 1.43 bits per heavy atom. The molecule has 1 atom stereocenters. The number of nitro groups is 1. The number of rotatable bonds is 4. The molecule has 0 saturated carbocycles. The van der Waals surface area contributed by atoms with E-state index in [1.807, 2.05) is 4.90 Å². The number of esters is 1. The molecule has 0 spiro atoms. The van der Waals surface area contributed by atoms with Gasteiger partial charge in [0.05, 0.1) is 25.1 Å². The van der Waals surface area contributed by atoms with Crippen LogP contribution >= 0.6 is 0 Å². The Morgan fingerprint density at radius 2 is 2.19 bits per heavy atom. The number of nitro benzene ring substituents is 1. The number of carbonyl (C=O) groups is 1. The van der Waals surface area contributed by atoms with E-state index in [0.29, 0.717) is 18.8 Å². The molecule has 7 heteroatoms. The molecular weight excluding hydrogens is 276 g/mol. The molecule has 0 aliphatic carbocycles. The van der Waals surface area contributed by atoms with Gasteiger partial charge in [0.2, 0.25) is 0 Å². The molecule has 114 valence electrons. The zero-order valence-corrected chi connectivity index (χ0v) is 12.1. The van der Waals surface area contributed by atoms with Crippen LogP contribution in [0.4, 0.5) is 11.4 Å². The van der Waals surface area contributed by atoms with E-state index < -0.39 is 4.92 Å². The molecule has 1 aliphatic rings. The predicted molar refractivity (Wildman–Crippen MR) is 76.6 cm³/mol. The van der Waals surface area contributed by atoms with Crippen molar-refractivity contribution >= 4 is 17.3 Å². The lowest BCUT2D eigenvalue weighted by Crippen LogP contribution is -2.39. The van der Waals surface area contributed by atoms with E-state index in [4.69, 9.17) is 9.47 Å². The zero-order valence-electron chi connectivity index (χ0n) is 12.1. The Hall–Kier alpha value is -2.31. The normalized spacial score (nSPS) is 18.2. The lowest BCUT2D eigenvalue weighted by Gasteiger charge is -2.32. The van der Waals surface area contributed by atoms with E-state index in [2.05, 4.69) is 0 Å². The number of benzene rings is 1. The van der Waals surface area contributed by atoms with Gasteiger partial charge in [-0.1, -0.05) is 6.07 Å². The van der Waals surface area contributed by atoms with Gasteiger partial charge in [0, 0.05) is 13.1 Å². The average molecular weight is 294 g/mol. The van der Waals surface area contributed by atoms with Crippen LogP contribution in [0.1, 0.15) is 12.8 Å². The summed E-state index contributed by atoms with van der Waals surface area (Å²) in [5.74, 6) is -0.308. The summed E-state index contributed by atoms with van der Waals surface area (Å²) < 4.78 is 9.85. The Balaban J connectivity index is 2.33. The van der Waals surface area contributed by atoms with Gasteiger partial charge < -0.3 is 14.4 Å². The van der Waals surface area contributed by atoms with E-state index in [1.54, 1.807) is 18.2 Å². The number of nitrogens with zero attached hydrogens (tertiary/aromatic N) is 2. The van der Waals surface area contributed by atoms with Gasteiger partial charge in [0.1, 0.15) is 5.69 Å². The fourth-order valence-corrected chi connectivity index (χ4v) is 2.67. The summed E-state index contributed by atoms with van der Waals surface area (Å²) in [5.41, 5.74) is 0.415. The van der Waals surface area contributed by atoms with E-state index in [-0.39, 0.29) is 23.3 Å². The van der Waals surface area contributed by atoms with Crippen molar-refractivity contribution in [3.05, 3.63) is 28.3 Å². The van der Waals surface area contributed by atoms with Crippen molar-refractivity contribution in [2.75, 3.05) is 32.2 Å². The molecule has 7 nitrogen and oxygen atoms in total. The minimum atomic E-state index is -0.448. The first-order valence-electron chi connectivity index (χ1n) is 6.72. The van der Waals surface area contributed by atoms with Crippen LogP contribution in [0.15, 0.2) is 18.2 Å². The van der Waals surface area contributed by atoms with Gasteiger partial charge >= 0.3 is 11.7 Å². The van der Waals surface area contributed by atoms with Crippen molar-refractivity contribution in [2.45, 2.75) is 12.8 Å². The molecule has 1 fully saturated rings. The summed E-state index contributed by atoms with van der Waals surface area (Å²) in [4.78, 5) is 24.4. The minimum Gasteiger partial charge on any atom is -0.490 e. The summed E-state index contributed by atoms with van der Waals surface area (Å²) in [7, 11) is 2.76. The molecule has 2 rings (SSSR count). The third kappa shape index (κ3) is 3.07. The molecule has 1 heterocycles. The lowest BCUT2D eigenvalue weighted by atomic mass is 9.97. The zero-order chi connectivity index (χ0) is 15.4. The Bertz CT molecular complexity index is 546. The molecule has 0 aromatic heterocycles. The monoisotopic (exact) mass is 294 g/mol. The summed E-state index contributed by atoms with van der Waals surface area (Å²) in [6.07, 6.45) is 1.52. The number of hydrogen-bond donors (Lipinski definition) is 0. The standard InChI is InChI=1S/C14H18N2O5/c1-20-12-7-3-6-11(13(12)16(18)19)15-8-4-5-10(9-15)14(17)21-2/h3,6-7,10H,4-5,8-9H2,1-2H3. The maximum atomic E-state index is 11.7. The number of piperidine rings is 1. The molecule has 1 unspecified atom stereocenters. The number of anilines is 1. The first-order valence-corrected chi connectivity index (χ1v) is 6.72. The van der Waals surface area contributed by atoms with E-state index in [1.165, 1.54) is 14.2 Å². The molecule has 0 radical (unpaired) electrons. The SMILES string of the molecule is COC(=O)C1CCCN(c2cccc(OC)c2[N+](=O)[O-])C1. The van der Waals surface area contributed by atoms with Gasteiger partial charge in [-0.2, -0.15) is 0 Å². The molecule has 21 heavy (non-hydrogen) atoms. The van der Waals surface area contributed by atoms with Crippen LogP contribution in [0.25, 0.3) is 0 Å². The summed E-state index contributed by atoms with van der Waals surface area (Å²) in [6.45, 7) is 1.09.